The molecule has 0 bridgehead atoms. The lowest BCUT2D eigenvalue weighted by Crippen LogP contribution is -2.30. The molecule has 1 heterocycles. The highest BCUT2D eigenvalue weighted by Gasteiger charge is 2.07. The summed E-state index contributed by atoms with van der Waals surface area (Å²) < 4.78 is 0. The molecular formula is C10H23N. The third-order valence-corrected chi connectivity index (χ3v) is 2.28. The Hall–Kier alpha value is -0.0400. The molecule has 1 nitrogen and oxygen atoms in total. The summed E-state index contributed by atoms with van der Waals surface area (Å²) in [6.45, 7) is 6.33. The number of nitrogens with zero attached hydrogens (tertiary/aromatic N) is 1. The molecule has 1 rings (SSSR count). The van der Waals surface area contributed by atoms with E-state index in [0.29, 0.717) is 0 Å². The minimum atomic E-state index is 0. The number of likely N-dealkylation sites (tertiary alicyclic amines) is 1. The zero-order chi connectivity index (χ0) is 7.23. The fraction of sp³-hybridized carbons (Fsp3) is 1.00. The fourth-order valence-electron chi connectivity index (χ4n) is 1.56. The van der Waals surface area contributed by atoms with Gasteiger partial charge in [0.2, 0.25) is 0 Å². The summed E-state index contributed by atoms with van der Waals surface area (Å²) in [4.78, 5) is 2.60. The van der Waals surface area contributed by atoms with Crippen molar-refractivity contribution in [3.8, 4) is 0 Å². The van der Waals surface area contributed by atoms with E-state index in [9.17, 15) is 0 Å². The molecule has 1 aliphatic heterocycles. The largest absolute Gasteiger partial charge is 0.303 e. The first-order valence-electron chi connectivity index (χ1n) is 4.66. The van der Waals surface area contributed by atoms with Gasteiger partial charge in [-0.05, 0) is 38.9 Å². The molecule has 0 aromatic heterocycles. The molecular weight excluding hydrogens is 134 g/mol. The van der Waals surface area contributed by atoms with Crippen molar-refractivity contribution in [3.05, 3.63) is 0 Å². The number of rotatable bonds is 3. The van der Waals surface area contributed by atoms with Crippen molar-refractivity contribution in [1.29, 1.82) is 0 Å². The van der Waals surface area contributed by atoms with Crippen molar-refractivity contribution in [2.45, 2.75) is 46.5 Å². The first-order chi connectivity index (χ1) is 4.93. The van der Waals surface area contributed by atoms with Gasteiger partial charge in [0, 0.05) is 0 Å². The van der Waals surface area contributed by atoms with Gasteiger partial charge in [0.1, 0.15) is 0 Å². The Balaban J connectivity index is 0.000001000. The monoisotopic (exact) mass is 157 g/mol. The van der Waals surface area contributed by atoms with Crippen molar-refractivity contribution in [2.75, 3.05) is 19.6 Å². The van der Waals surface area contributed by atoms with Crippen LogP contribution in [0.2, 0.25) is 0 Å². The third kappa shape index (κ3) is 4.41. The molecule has 0 saturated carbocycles. The molecule has 1 aliphatic rings. The van der Waals surface area contributed by atoms with E-state index in [4.69, 9.17) is 0 Å². The summed E-state index contributed by atoms with van der Waals surface area (Å²) in [6, 6.07) is 0. The highest BCUT2D eigenvalue weighted by Crippen LogP contribution is 2.08. The molecule has 1 saturated heterocycles. The van der Waals surface area contributed by atoms with Crippen LogP contribution in [0, 0.1) is 0 Å². The van der Waals surface area contributed by atoms with Crippen LogP contribution in [0.25, 0.3) is 0 Å². The lowest BCUT2D eigenvalue weighted by atomic mass is 10.1. The van der Waals surface area contributed by atoms with E-state index in [2.05, 4.69) is 11.8 Å². The lowest BCUT2D eigenvalue weighted by Gasteiger charge is -2.25. The summed E-state index contributed by atoms with van der Waals surface area (Å²) in [5.41, 5.74) is 0. The Morgan fingerprint density at radius 3 is 2.27 bits per heavy atom. The van der Waals surface area contributed by atoms with Gasteiger partial charge in [-0.1, -0.05) is 27.2 Å². The van der Waals surface area contributed by atoms with Gasteiger partial charge in [-0.15, -0.1) is 0 Å². The molecule has 1 heteroatoms. The topological polar surface area (TPSA) is 3.24 Å². The van der Waals surface area contributed by atoms with Crippen LogP contribution in [0.15, 0.2) is 0 Å². The van der Waals surface area contributed by atoms with Crippen LogP contribution in [-0.4, -0.2) is 24.5 Å². The lowest BCUT2D eigenvalue weighted by molar-refractivity contribution is 0.226. The molecule has 0 unspecified atom stereocenters. The van der Waals surface area contributed by atoms with E-state index >= 15 is 0 Å². The Kier molecular flexibility index (Phi) is 6.63. The van der Waals surface area contributed by atoms with Gasteiger partial charge < -0.3 is 4.90 Å². The highest BCUT2D eigenvalue weighted by molar-refractivity contribution is 4.63. The molecule has 1 fully saturated rings. The minimum absolute atomic E-state index is 0. The Labute approximate surface area is 71.8 Å². The van der Waals surface area contributed by atoms with Crippen LogP contribution in [0.3, 0.4) is 0 Å². The molecule has 0 atom stereocenters. The molecule has 0 spiro atoms. The second-order valence-corrected chi connectivity index (χ2v) is 3.26. The normalized spacial score (nSPS) is 19.4. The second kappa shape index (κ2) is 6.66. The molecule has 0 aromatic rings. The predicted molar refractivity (Wildman–Crippen MR) is 51.9 cm³/mol. The van der Waals surface area contributed by atoms with Crippen LogP contribution in [-0.2, 0) is 0 Å². The van der Waals surface area contributed by atoms with E-state index in [1.807, 2.05) is 0 Å². The van der Waals surface area contributed by atoms with E-state index in [-0.39, 0.29) is 7.43 Å². The number of piperidine rings is 1. The van der Waals surface area contributed by atoms with Crippen molar-refractivity contribution >= 4 is 0 Å². The first kappa shape index (κ1) is 11.0. The van der Waals surface area contributed by atoms with E-state index in [1.54, 1.807) is 0 Å². The number of unbranched alkanes of at least 4 members (excludes halogenated alkanes) is 1. The SMILES string of the molecule is C.CCCCN1CCCCC1. The summed E-state index contributed by atoms with van der Waals surface area (Å²) in [5, 5.41) is 0. The van der Waals surface area contributed by atoms with Crippen LogP contribution >= 0.6 is 0 Å². The zero-order valence-corrected chi connectivity index (χ0v) is 7.10. The van der Waals surface area contributed by atoms with Crippen LogP contribution in [0.1, 0.15) is 46.5 Å². The number of hydrogen-bond donors (Lipinski definition) is 0. The predicted octanol–water partition coefficient (Wildman–Crippen LogP) is 2.91. The summed E-state index contributed by atoms with van der Waals surface area (Å²) >= 11 is 0. The molecule has 0 N–H and O–H groups in total. The minimum Gasteiger partial charge on any atom is -0.303 e. The molecule has 68 valence electrons. The maximum absolute atomic E-state index is 2.60. The van der Waals surface area contributed by atoms with Gasteiger partial charge >= 0.3 is 0 Å². The molecule has 0 radical (unpaired) electrons. The van der Waals surface area contributed by atoms with Crippen molar-refractivity contribution in [1.82, 2.24) is 4.90 Å². The summed E-state index contributed by atoms with van der Waals surface area (Å²) in [6.07, 6.45) is 7.06. The quantitative estimate of drug-likeness (QED) is 0.609. The van der Waals surface area contributed by atoms with E-state index in [0.717, 1.165) is 0 Å². The van der Waals surface area contributed by atoms with Crippen LogP contribution < -0.4 is 0 Å². The van der Waals surface area contributed by atoms with Gasteiger partial charge in [0.05, 0.1) is 0 Å². The van der Waals surface area contributed by atoms with Crippen molar-refractivity contribution < 1.29 is 0 Å². The van der Waals surface area contributed by atoms with E-state index in [1.165, 1.54) is 51.7 Å². The Morgan fingerprint density at radius 2 is 1.73 bits per heavy atom. The molecule has 11 heavy (non-hydrogen) atoms. The fourth-order valence-corrected chi connectivity index (χ4v) is 1.56. The standard InChI is InChI=1S/C9H19N.CH4/c1-2-3-7-10-8-5-4-6-9-10;/h2-9H2,1H3;1H4. The second-order valence-electron chi connectivity index (χ2n) is 3.26. The maximum atomic E-state index is 2.60. The van der Waals surface area contributed by atoms with Crippen LogP contribution in [0.5, 0.6) is 0 Å². The molecule has 0 amide bonds. The van der Waals surface area contributed by atoms with Gasteiger partial charge in [0.15, 0.2) is 0 Å². The van der Waals surface area contributed by atoms with Crippen molar-refractivity contribution in [2.24, 2.45) is 0 Å². The highest BCUT2D eigenvalue weighted by atomic mass is 15.1. The van der Waals surface area contributed by atoms with Crippen LogP contribution in [0.4, 0.5) is 0 Å². The molecule has 0 aromatic carbocycles. The zero-order valence-electron chi connectivity index (χ0n) is 7.10. The summed E-state index contributed by atoms with van der Waals surface area (Å²) in [5.74, 6) is 0. The van der Waals surface area contributed by atoms with Gasteiger partial charge in [-0.2, -0.15) is 0 Å². The average Bonchev–Trinajstić information content (AvgIpc) is 2.03. The van der Waals surface area contributed by atoms with Gasteiger partial charge in [-0.3, -0.25) is 0 Å². The summed E-state index contributed by atoms with van der Waals surface area (Å²) in [7, 11) is 0. The molecule has 0 aliphatic carbocycles. The Morgan fingerprint density at radius 1 is 1.09 bits per heavy atom. The smallest absolute Gasteiger partial charge is 0.00187 e. The van der Waals surface area contributed by atoms with Gasteiger partial charge in [-0.25, -0.2) is 0 Å². The van der Waals surface area contributed by atoms with Crippen molar-refractivity contribution in [3.63, 3.8) is 0 Å². The average molecular weight is 157 g/mol. The third-order valence-electron chi connectivity index (χ3n) is 2.28. The maximum Gasteiger partial charge on any atom is -0.00187 e. The Bertz CT molecular complexity index is 74.9. The van der Waals surface area contributed by atoms with Gasteiger partial charge in [0.25, 0.3) is 0 Å². The first-order valence-corrected chi connectivity index (χ1v) is 4.66. The number of hydrogen-bond acceptors (Lipinski definition) is 1. The van der Waals surface area contributed by atoms with E-state index < -0.39 is 0 Å².